The predicted octanol–water partition coefficient (Wildman–Crippen LogP) is 3.62. The molecule has 1 aliphatic carbocycles. The van der Waals surface area contributed by atoms with Gasteiger partial charge < -0.3 is 15.5 Å². The lowest BCUT2D eigenvalue weighted by Gasteiger charge is -2.32. The quantitative estimate of drug-likeness (QED) is 0.440. The predicted molar refractivity (Wildman–Crippen MR) is 130 cm³/mol. The van der Waals surface area contributed by atoms with Crippen LogP contribution < -0.4 is 10.6 Å². The van der Waals surface area contributed by atoms with Crippen molar-refractivity contribution in [3.8, 4) is 0 Å². The Kier molecular flexibility index (Phi) is 8.56. The van der Waals surface area contributed by atoms with Crippen LogP contribution in [0.15, 0.2) is 24.5 Å². The van der Waals surface area contributed by atoms with E-state index in [9.17, 15) is 27.2 Å². The van der Waals surface area contributed by atoms with Crippen molar-refractivity contribution in [1.29, 1.82) is 0 Å². The first kappa shape index (κ1) is 28.5. The second-order valence-corrected chi connectivity index (χ2v) is 9.99. The van der Waals surface area contributed by atoms with Crippen molar-refractivity contribution < 1.29 is 27.2 Å². The van der Waals surface area contributed by atoms with E-state index in [-0.39, 0.29) is 43.4 Å². The third-order valence-electron chi connectivity index (χ3n) is 7.26. The van der Waals surface area contributed by atoms with Crippen LogP contribution in [0.2, 0.25) is 0 Å². The van der Waals surface area contributed by atoms with Gasteiger partial charge >= 0.3 is 0 Å². The Morgan fingerprint density at radius 3 is 2.16 bits per heavy atom. The number of carbonyl (C=O) groups is 2. The maximum Gasteiger partial charge on any atom is 0.251 e. The molecule has 0 saturated heterocycles. The number of carbonyl (C=O) groups excluding carboxylic acids is 2. The fourth-order valence-electron chi connectivity index (χ4n) is 4.68. The highest BCUT2D eigenvalue weighted by Gasteiger charge is 2.63. The van der Waals surface area contributed by atoms with Gasteiger partial charge in [0, 0.05) is 60.9 Å². The molecule has 1 heterocycles. The average Bonchev–Trinajstić information content (AvgIpc) is 3.63. The van der Waals surface area contributed by atoms with Crippen LogP contribution in [0.5, 0.6) is 0 Å². The Hall–Kier alpha value is -3.08. The molecule has 2 amide bonds. The van der Waals surface area contributed by atoms with Crippen LogP contribution in [0.3, 0.4) is 0 Å². The fourth-order valence-corrected chi connectivity index (χ4v) is 4.68. The molecular weight excluding hydrogens is 490 g/mol. The van der Waals surface area contributed by atoms with Crippen molar-refractivity contribution in [1.82, 2.24) is 25.5 Å². The molecule has 7 nitrogen and oxygen atoms in total. The molecule has 0 aliphatic heterocycles. The number of alkyl halides is 2. The first-order valence-corrected chi connectivity index (χ1v) is 12.1. The van der Waals surface area contributed by atoms with E-state index in [2.05, 4.69) is 20.6 Å². The van der Waals surface area contributed by atoms with Gasteiger partial charge in [-0.05, 0) is 64.9 Å². The van der Waals surface area contributed by atoms with E-state index in [1.165, 1.54) is 19.4 Å². The van der Waals surface area contributed by atoms with Crippen LogP contribution in [0, 0.1) is 24.0 Å². The molecule has 1 aromatic heterocycles. The Balaban J connectivity index is 1.73. The lowest BCUT2D eigenvalue weighted by molar-refractivity contribution is -0.123. The number of likely N-dealkylation sites (N-methyl/N-ethyl adjacent to an activating group) is 1. The van der Waals surface area contributed by atoms with Crippen molar-refractivity contribution in [2.24, 2.45) is 5.41 Å². The number of rotatable bonds is 11. The number of nitrogens with zero attached hydrogens (tertiary/aromatic N) is 3. The molecule has 202 valence electrons. The van der Waals surface area contributed by atoms with E-state index in [0.29, 0.717) is 11.4 Å². The normalized spacial score (nSPS) is 16.3. The van der Waals surface area contributed by atoms with E-state index < -0.39 is 46.7 Å². The molecule has 2 atom stereocenters. The number of hydrogen-bond donors (Lipinski definition) is 2. The van der Waals surface area contributed by atoms with Gasteiger partial charge in [0.25, 0.3) is 11.8 Å². The highest BCUT2D eigenvalue weighted by Crippen LogP contribution is 2.65. The van der Waals surface area contributed by atoms with E-state index in [0.717, 1.165) is 19.1 Å². The number of aryl methyl sites for hydroxylation is 1. The smallest absolute Gasteiger partial charge is 0.251 e. The summed E-state index contributed by atoms with van der Waals surface area (Å²) >= 11 is 0. The van der Waals surface area contributed by atoms with Gasteiger partial charge in [0.1, 0.15) is 17.5 Å². The van der Waals surface area contributed by atoms with Crippen molar-refractivity contribution >= 4 is 11.8 Å². The summed E-state index contributed by atoms with van der Waals surface area (Å²) in [6.45, 7) is 2.60. The first-order chi connectivity index (χ1) is 17.3. The topological polar surface area (TPSA) is 87.2 Å². The standard InChI is InChI=1S/C26H33F4N5O2/c1-15-32-12-17(13-33-15)20(26(6-7-26)25(2,29)30)11-23(36)34-14-18(35(4)5)10-19-21(27)8-16(9-22(19)28)24(37)31-3/h8-9,12-13,18,20H,6-7,10-11,14H2,1-5H3,(H,31,37)(H,34,36)/t18-,20-/m0/s1. The monoisotopic (exact) mass is 523 g/mol. The first-order valence-electron chi connectivity index (χ1n) is 12.1. The SMILES string of the molecule is CNC(=O)c1cc(F)c(C[C@@H](CNC(=O)C[C@@H](c2cnc(C)nc2)C2(C(C)(F)F)CC2)N(C)C)c(F)c1. The molecule has 0 unspecified atom stereocenters. The van der Waals surface area contributed by atoms with Gasteiger partial charge in [-0.1, -0.05) is 0 Å². The number of halogens is 4. The zero-order valence-electron chi connectivity index (χ0n) is 21.7. The molecule has 0 radical (unpaired) electrons. The Morgan fingerprint density at radius 2 is 1.70 bits per heavy atom. The highest BCUT2D eigenvalue weighted by atomic mass is 19.3. The molecule has 3 rings (SSSR count). The fraction of sp³-hybridized carbons (Fsp3) is 0.538. The lowest BCUT2D eigenvalue weighted by atomic mass is 9.78. The number of benzene rings is 1. The summed E-state index contributed by atoms with van der Waals surface area (Å²) in [5, 5.41) is 5.07. The number of aromatic nitrogens is 2. The van der Waals surface area contributed by atoms with E-state index >= 15 is 0 Å². The maximum atomic E-state index is 14.7. The second-order valence-electron chi connectivity index (χ2n) is 9.99. The molecule has 11 heteroatoms. The second kappa shape index (κ2) is 11.1. The number of hydrogen-bond acceptors (Lipinski definition) is 5. The maximum absolute atomic E-state index is 14.7. The minimum atomic E-state index is -3.00. The summed E-state index contributed by atoms with van der Waals surface area (Å²) in [6, 6.07) is 1.44. The molecule has 1 aromatic carbocycles. The van der Waals surface area contributed by atoms with Crippen LogP contribution in [-0.2, 0) is 11.2 Å². The van der Waals surface area contributed by atoms with Crippen LogP contribution in [0.25, 0.3) is 0 Å². The highest BCUT2D eigenvalue weighted by molar-refractivity contribution is 5.94. The average molecular weight is 524 g/mol. The van der Waals surface area contributed by atoms with E-state index in [1.54, 1.807) is 25.9 Å². The van der Waals surface area contributed by atoms with Gasteiger partial charge in [-0.2, -0.15) is 0 Å². The molecule has 37 heavy (non-hydrogen) atoms. The van der Waals surface area contributed by atoms with E-state index in [4.69, 9.17) is 0 Å². The number of nitrogens with one attached hydrogen (secondary N) is 2. The summed E-state index contributed by atoms with van der Waals surface area (Å²) in [6.07, 6.45) is 3.27. The summed E-state index contributed by atoms with van der Waals surface area (Å²) in [7, 11) is 4.77. The third-order valence-corrected chi connectivity index (χ3v) is 7.26. The molecule has 2 aromatic rings. The van der Waals surface area contributed by atoms with Gasteiger partial charge in [-0.3, -0.25) is 9.59 Å². The van der Waals surface area contributed by atoms with Crippen molar-refractivity contribution in [3.63, 3.8) is 0 Å². The summed E-state index contributed by atoms with van der Waals surface area (Å²) < 4.78 is 58.5. The van der Waals surface area contributed by atoms with Gasteiger partial charge in [0.2, 0.25) is 5.91 Å². The Labute approximate surface area is 214 Å². The van der Waals surface area contributed by atoms with Gasteiger partial charge in [0.15, 0.2) is 0 Å². The van der Waals surface area contributed by atoms with Crippen LogP contribution in [0.1, 0.15) is 59.4 Å². The van der Waals surface area contributed by atoms with Crippen LogP contribution in [0.4, 0.5) is 17.6 Å². The molecule has 1 saturated carbocycles. The molecular formula is C26H33F4N5O2. The minimum Gasteiger partial charge on any atom is -0.355 e. The third kappa shape index (κ3) is 6.44. The zero-order valence-corrected chi connectivity index (χ0v) is 21.7. The van der Waals surface area contributed by atoms with E-state index in [1.807, 2.05) is 0 Å². The minimum absolute atomic E-state index is 0.0363. The van der Waals surface area contributed by atoms with Crippen LogP contribution in [-0.4, -0.2) is 66.3 Å². The summed E-state index contributed by atoms with van der Waals surface area (Å²) in [5.41, 5.74) is -1.21. The molecule has 0 spiro atoms. The van der Waals surface area contributed by atoms with Crippen molar-refractivity contribution in [2.45, 2.75) is 57.4 Å². The summed E-state index contributed by atoms with van der Waals surface area (Å²) in [5.74, 6) is -6.07. The van der Waals surface area contributed by atoms with Gasteiger partial charge in [-0.15, -0.1) is 0 Å². The lowest BCUT2D eigenvalue weighted by Crippen LogP contribution is -2.43. The van der Waals surface area contributed by atoms with Crippen molar-refractivity contribution in [3.05, 3.63) is 58.7 Å². The molecule has 2 N–H and O–H groups in total. The number of amides is 2. The Bertz CT molecular complexity index is 1110. The van der Waals surface area contributed by atoms with Crippen LogP contribution >= 0.6 is 0 Å². The Morgan fingerprint density at radius 1 is 1.14 bits per heavy atom. The largest absolute Gasteiger partial charge is 0.355 e. The molecule has 1 aliphatic rings. The van der Waals surface area contributed by atoms with Crippen molar-refractivity contribution in [2.75, 3.05) is 27.7 Å². The van der Waals surface area contributed by atoms with Gasteiger partial charge in [-0.25, -0.2) is 27.5 Å². The van der Waals surface area contributed by atoms with Gasteiger partial charge in [0.05, 0.1) is 0 Å². The zero-order chi connectivity index (χ0) is 27.5. The summed E-state index contributed by atoms with van der Waals surface area (Å²) in [4.78, 5) is 34.6. The molecule has 0 bridgehead atoms. The molecule has 1 fully saturated rings.